The minimum absolute atomic E-state index is 0.0119. The third kappa shape index (κ3) is 6.60. The number of amides is 3. The average molecular weight is 469 g/mol. The molecule has 0 spiro atoms. The molecule has 5 N–H and O–H groups in total. The van der Waals surface area contributed by atoms with Gasteiger partial charge in [0.2, 0.25) is 5.91 Å². The molecule has 10 nitrogen and oxygen atoms in total. The van der Waals surface area contributed by atoms with Gasteiger partial charge in [-0.05, 0) is 44.6 Å². The monoisotopic (exact) mass is 468 g/mol. The number of nitrogens with one attached hydrogen (secondary N) is 3. The Kier molecular flexibility index (Phi) is 8.66. The van der Waals surface area contributed by atoms with Crippen molar-refractivity contribution in [2.75, 3.05) is 30.3 Å². The quantitative estimate of drug-likeness (QED) is 0.413. The van der Waals surface area contributed by atoms with E-state index in [0.717, 1.165) is 24.8 Å². The van der Waals surface area contributed by atoms with Crippen LogP contribution in [0.5, 0.6) is 0 Å². The summed E-state index contributed by atoms with van der Waals surface area (Å²) in [7, 11) is 0. The van der Waals surface area contributed by atoms with Crippen molar-refractivity contribution in [1.29, 1.82) is 0 Å². The highest BCUT2D eigenvalue weighted by molar-refractivity contribution is 5.96. The van der Waals surface area contributed by atoms with Crippen LogP contribution in [0.2, 0.25) is 0 Å². The molecule has 1 heterocycles. The van der Waals surface area contributed by atoms with Crippen LogP contribution < -0.4 is 32.5 Å². The number of nitrogens with zero attached hydrogens (tertiary/aromatic N) is 2. The summed E-state index contributed by atoms with van der Waals surface area (Å²) in [5.41, 5.74) is 7.05. The van der Waals surface area contributed by atoms with Crippen molar-refractivity contribution in [2.45, 2.75) is 45.6 Å². The van der Waals surface area contributed by atoms with Gasteiger partial charge in [0.25, 0.3) is 5.56 Å². The van der Waals surface area contributed by atoms with Crippen LogP contribution in [0.4, 0.5) is 16.3 Å². The van der Waals surface area contributed by atoms with E-state index < -0.39 is 23.2 Å². The van der Waals surface area contributed by atoms with Gasteiger partial charge in [0, 0.05) is 13.1 Å². The van der Waals surface area contributed by atoms with Crippen molar-refractivity contribution in [3.05, 3.63) is 68.4 Å². The summed E-state index contributed by atoms with van der Waals surface area (Å²) in [5, 5.41) is 4.98. The Bertz CT molecular complexity index is 1150. The molecular formula is C24H32N6O4. The molecule has 0 saturated carbocycles. The molecule has 2 aromatic rings. The summed E-state index contributed by atoms with van der Waals surface area (Å²) in [6.07, 6.45) is 7.48. The number of hydrogen-bond acceptors (Lipinski definition) is 6. The summed E-state index contributed by atoms with van der Waals surface area (Å²) in [6.45, 7) is 2.35. The predicted octanol–water partition coefficient (Wildman–Crippen LogP) is 1.71. The summed E-state index contributed by atoms with van der Waals surface area (Å²) in [6, 6.07) is 8.62. The highest BCUT2D eigenvalue weighted by atomic mass is 16.2. The zero-order valence-corrected chi connectivity index (χ0v) is 19.4. The summed E-state index contributed by atoms with van der Waals surface area (Å²) >= 11 is 0. The van der Waals surface area contributed by atoms with Gasteiger partial charge >= 0.3 is 11.7 Å². The number of rotatable bonds is 9. The third-order valence-electron chi connectivity index (χ3n) is 5.80. The van der Waals surface area contributed by atoms with E-state index in [1.54, 1.807) is 6.92 Å². The SMILES string of the molecule is CCN(CC(=O)NC(=O)NCCC1=CCCCC1)c1c(N)n(Cc2ccccc2)c(=O)[nH]c1=O. The molecule has 10 heteroatoms. The standard InChI is InChI=1S/C24H32N6O4/c1-2-29(16-19(31)27-23(33)26-14-13-17-9-5-3-6-10-17)20-21(25)30(24(34)28-22(20)32)15-18-11-7-4-8-12-18/h4,7-9,11-12H,2-3,5-6,10,13-16,25H2,1H3,(H,28,32,34)(H2,26,27,31,33). The van der Waals surface area contributed by atoms with Gasteiger partial charge in [-0.3, -0.25) is 24.5 Å². The van der Waals surface area contributed by atoms with Crippen molar-refractivity contribution in [3.8, 4) is 0 Å². The molecule has 1 aromatic carbocycles. The van der Waals surface area contributed by atoms with Crippen LogP contribution in [-0.4, -0.2) is 41.1 Å². The van der Waals surface area contributed by atoms with Crippen molar-refractivity contribution in [2.24, 2.45) is 0 Å². The van der Waals surface area contributed by atoms with E-state index in [9.17, 15) is 19.2 Å². The zero-order valence-electron chi connectivity index (χ0n) is 19.4. The molecule has 0 saturated heterocycles. The molecule has 0 bridgehead atoms. The molecule has 0 radical (unpaired) electrons. The lowest BCUT2D eigenvalue weighted by Gasteiger charge is -2.24. The van der Waals surface area contributed by atoms with E-state index in [-0.39, 0.29) is 31.1 Å². The molecular weight excluding hydrogens is 436 g/mol. The molecule has 0 atom stereocenters. The Balaban J connectivity index is 1.64. The van der Waals surface area contributed by atoms with Crippen LogP contribution >= 0.6 is 0 Å². The maximum atomic E-state index is 12.6. The number of H-pyrrole nitrogens is 1. The van der Waals surface area contributed by atoms with E-state index >= 15 is 0 Å². The number of hydrogen-bond donors (Lipinski definition) is 4. The number of anilines is 2. The van der Waals surface area contributed by atoms with E-state index in [2.05, 4.69) is 21.7 Å². The van der Waals surface area contributed by atoms with E-state index in [4.69, 9.17) is 5.73 Å². The molecule has 182 valence electrons. The maximum Gasteiger partial charge on any atom is 0.330 e. The molecule has 1 aliphatic rings. The first-order valence-corrected chi connectivity index (χ1v) is 11.6. The van der Waals surface area contributed by atoms with Crippen LogP contribution in [0.1, 0.15) is 44.6 Å². The van der Waals surface area contributed by atoms with Gasteiger partial charge in [-0.2, -0.15) is 0 Å². The van der Waals surface area contributed by atoms with Crippen LogP contribution in [0.25, 0.3) is 0 Å². The Morgan fingerprint density at radius 2 is 1.94 bits per heavy atom. The van der Waals surface area contributed by atoms with E-state index in [1.165, 1.54) is 27.9 Å². The van der Waals surface area contributed by atoms with Crippen molar-refractivity contribution in [1.82, 2.24) is 20.2 Å². The molecule has 3 rings (SSSR count). The number of aromatic amines is 1. The second-order valence-corrected chi connectivity index (χ2v) is 8.24. The van der Waals surface area contributed by atoms with Crippen molar-refractivity contribution >= 4 is 23.4 Å². The largest absolute Gasteiger partial charge is 0.383 e. The molecule has 0 fully saturated rings. The Morgan fingerprint density at radius 1 is 1.18 bits per heavy atom. The number of benzene rings is 1. The number of urea groups is 1. The topological polar surface area (TPSA) is 142 Å². The predicted molar refractivity (Wildman–Crippen MR) is 132 cm³/mol. The van der Waals surface area contributed by atoms with Gasteiger partial charge in [-0.25, -0.2) is 9.59 Å². The number of likely N-dealkylation sites (N-methyl/N-ethyl adjacent to an activating group) is 1. The number of carbonyl (C=O) groups excluding carboxylic acids is 2. The van der Waals surface area contributed by atoms with Gasteiger partial charge in [0.1, 0.15) is 11.5 Å². The smallest absolute Gasteiger partial charge is 0.330 e. The highest BCUT2D eigenvalue weighted by Crippen LogP contribution is 2.19. The van der Waals surface area contributed by atoms with E-state index in [0.29, 0.717) is 6.54 Å². The number of carbonyl (C=O) groups is 2. The number of imide groups is 1. The number of nitrogens with two attached hydrogens (primary N) is 1. The molecule has 1 aromatic heterocycles. The Labute approximate surface area is 197 Å². The van der Waals surface area contributed by atoms with Crippen LogP contribution in [0.15, 0.2) is 51.6 Å². The minimum Gasteiger partial charge on any atom is -0.383 e. The van der Waals surface area contributed by atoms with E-state index in [1.807, 2.05) is 30.3 Å². The molecule has 3 amide bonds. The lowest BCUT2D eigenvalue weighted by molar-refractivity contribution is -0.118. The third-order valence-corrected chi connectivity index (χ3v) is 5.80. The van der Waals surface area contributed by atoms with Crippen LogP contribution in [-0.2, 0) is 11.3 Å². The number of allylic oxidation sites excluding steroid dienone is 1. The second-order valence-electron chi connectivity index (χ2n) is 8.24. The van der Waals surface area contributed by atoms with Gasteiger partial charge < -0.3 is 16.0 Å². The van der Waals surface area contributed by atoms with Gasteiger partial charge in [-0.1, -0.05) is 42.0 Å². The minimum atomic E-state index is -0.688. The maximum absolute atomic E-state index is 12.6. The summed E-state index contributed by atoms with van der Waals surface area (Å²) in [4.78, 5) is 53.2. The lowest BCUT2D eigenvalue weighted by Crippen LogP contribution is -2.46. The van der Waals surface area contributed by atoms with Crippen molar-refractivity contribution < 1.29 is 9.59 Å². The lowest BCUT2D eigenvalue weighted by atomic mass is 9.97. The first kappa shape index (κ1) is 24.8. The van der Waals surface area contributed by atoms with Gasteiger partial charge in [0.15, 0.2) is 0 Å². The highest BCUT2D eigenvalue weighted by Gasteiger charge is 2.21. The fourth-order valence-corrected chi connectivity index (χ4v) is 4.01. The zero-order chi connectivity index (χ0) is 24.5. The molecule has 1 aliphatic carbocycles. The molecule has 0 aliphatic heterocycles. The Hall–Kier alpha value is -3.82. The van der Waals surface area contributed by atoms with Crippen molar-refractivity contribution in [3.63, 3.8) is 0 Å². The normalized spacial score (nSPS) is 13.1. The van der Waals surface area contributed by atoms with Crippen LogP contribution in [0, 0.1) is 0 Å². The first-order chi connectivity index (χ1) is 16.4. The Morgan fingerprint density at radius 3 is 2.62 bits per heavy atom. The van der Waals surface area contributed by atoms with Crippen LogP contribution in [0.3, 0.4) is 0 Å². The fraction of sp³-hybridized carbons (Fsp3) is 0.417. The number of aromatic nitrogens is 2. The molecule has 34 heavy (non-hydrogen) atoms. The molecule has 0 unspecified atom stereocenters. The first-order valence-electron chi connectivity index (χ1n) is 11.6. The summed E-state index contributed by atoms with van der Waals surface area (Å²) in [5.74, 6) is -0.631. The average Bonchev–Trinajstić information content (AvgIpc) is 2.82. The van der Waals surface area contributed by atoms with Gasteiger partial charge in [0.05, 0.1) is 13.1 Å². The van der Waals surface area contributed by atoms with Gasteiger partial charge in [-0.15, -0.1) is 0 Å². The fourth-order valence-electron chi connectivity index (χ4n) is 4.01. The second kappa shape index (κ2) is 11.9. The summed E-state index contributed by atoms with van der Waals surface area (Å²) < 4.78 is 1.25. The number of nitrogen functional groups attached to an aromatic ring is 1.